The van der Waals surface area contributed by atoms with E-state index in [2.05, 4.69) is 10.3 Å². The third-order valence-corrected chi connectivity index (χ3v) is 2.32. The molecule has 1 rings (SSSR count). The van der Waals surface area contributed by atoms with Crippen molar-refractivity contribution in [1.82, 2.24) is 4.98 Å². The SMILES string of the molecule is COCC(O)CCNc1ccc([N+](=O)[O-])c(C#N)n1. The van der Waals surface area contributed by atoms with E-state index in [4.69, 9.17) is 10.00 Å². The van der Waals surface area contributed by atoms with Crippen LogP contribution in [0.1, 0.15) is 12.1 Å². The Morgan fingerprint density at radius 2 is 2.42 bits per heavy atom. The van der Waals surface area contributed by atoms with Gasteiger partial charge in [-0.1, -0.05) is 0 Å². The van der Waals surface area contributed by atoms with Crippen molar-refractivity contribution in [1.29, 1.82) is 5.26 Å². The van der Waals surface area contributed by atoms with Crippen LogP contribution in [0, 0.1) is 21.4 Å². The lowest BCUT2D eigenvalue weighted by Gasteiger charge is -2.10. The van der Waals surface area contributed by atoms with E-state index in [9.17, 15) is 15.2 Å². The van der Waals surface area contributed by atoms with Crippen LogP contribution in [0.4, 0.5) is 11.5 Å². The molecule has 2 N–H and O–H groups in total. The van der Waals surface area contributed by atoms with E-state index >= 15 is 0 Å². The number of hydrogen-bond acceptors (Lipinski definition) is 7. The molecule has 0 amide bonds. The summed E-state index contributed by atoms with van der Waals surface area (Å²) in [6, 6.07) is 4.31. The summed E-state index contributed by atoms with van der Waals surface area (Å²) in [5.41, 5.74) is -0.570. The van der Waals surface area contributed by atoms with Gasteiger partial charge in [-0.2, -0.15) is 5.26 Å². The van der Waals surface area contributed by atoms with Gasteiger partial charge in [0.2, 0.25) is 5.69 Å². The average molecular weight is 266 g/mol. The van der Waals surface area contributed by atoms with E-state index in [1.807, 2.05) is 0 Å². The predicted octanol–water partition coefficient (Wildman–Crippen LogP) is 0.671. The van der Waals surface area contributed by atoms with Crippen molar-refractivity contribution in [3.63, 3.8) is 0 Å². The summed E-state index contributed by atoms with van der Waals surface area (Å²) in [5.74, 6) is 0.353. The van der Waals surface area contributed by atoms with Gasteiger partial charge in [0.15, 0.2) is 0 Å². The van der Waals surface area contributed by atoms with Crippen LogP contribution in [0.2, 0.25) is 0 Å². The highest BCUT2D eigenvalue weighted by molar-refractivity contribution is 5.50. The number of rotatable bonds is 7. The Labute approximate surface area is 109 Å². The predicted molar refractivity (Wildman–Crippen MR) is 66.6 cm³/mol. The highest BCUT2D eigenvalue weighted by Crippen LogP contribution is 2.17. The van der Waals surface area contributed by atoms with Gasteiger partial charge in [0.05, 0.1) is 17.6 Å². The summed E-state index contributed by atoms with van der Waals surface area (Å²) in [5, 5.41) is 31.7. The van der Waals surface area contributed by atoms with Crippen molar-refractivity contribution < 1.29 is 14.8 Å². The molecule has 102 valence electrons. The molecule has 0 aliphatic carbocycles. The third kappa shape index (κ3) is 4.50. The monoisotopic (exact) mass is 266 g/mol. The summed E-state index contributed by atoms with van der Waals surface area (Å²) < 4.78 is 4.77. The standard InChI is InChI=1S/C11H14N4O4/c1-19-7-8(16)4-5-13-11-3-2-10(15(17)18)9(6-12)14-11/h2-3,8,16H,4-5,7H2,1H3,(H,13,14). The smallest absolute Gasteiger partial charge is 0.305 e. The van der Waals surface area contributed by atoms with Crippen molar-refractivity contribution >= 4 is 11.5 Å². The number of nitrogens with zero attached hydrogens (tertiary/aromatic N) is 3. The third-order valence-electron chi connectivity index (χ3n) is 2.32. The minimum Gasteiger partial charge on any atom is -0.391 e. The maximum absolute atomic E-state index is 10.6. The molecule has 0 aliphatic rings. The normalized spacial score (nSPS) is 11.6. The number of nitro groups is 1. The molecule has 0 radical (unpaired) electrons. The highest BCUT2D eigenvalue weighted by atomic mass is 16.6. The molecule has 1 heterocycles. The van der Waals surface area contributed by atoms with E-state index in [-0.39, 0.29) is 18.0 Å². The van der Waals surface area contributed by atoms with Crippen LogP contribution < -0.4 is 5.32 Å². The van der Waals surface area contributed by atoms with Crippen LogP contribution in [0.15, 0.2) is 12.1 Å². The number of anilines is 1. The van der Waals surface area contributed by atoms with E-state index in [1.165, 1.54) is 19.2 Å². The number of aromatic nitrogens is 1. The summed E-state index contributed by atoms with van der Waals surface area (Å²) >= 11 is 0. The molecule has 8 nitrogen and oxygen atoms in total. The van der Waals surface area contributed by atoms with Gasteiger partial charge in [0, 0.05) is 19.7 Å². The molecule has 0 aromatic carbocycles. The highest BCUT2D eigenvalue weighted by Gasteiger charge is 2.15. The van der Waals surface area contributed by atoms with Crippen molar-refractivity contribution in [2.24, 2.45) is 0 Å². The summed E-state index contributed by atoms with van der Waals surface area (Å²) in [6.45, 7) is 0.652. The second kappa shape index (κ2) is 7.25. The molecule has 0 saturated carbocycles. The fourth-order valence-corrected chi connectivity index (χ4v) is 1.42. The molecular formula is C11H14N4O4. The van der Waals surface area contributed by atoms with Crippen molar-refractivity contribution in [3.05, 3.63) is 27.9 Å². The van der Waals surface area contributed by atoms with Crippen LogP contribution in [0.5, 0.6) is 0 Å². The van der Waals surface area contributed by atoms with Crippen molar-refractivity contribution in [2.75, 3.05) is 25.6 Å². The number of methoxy groups -OCH3 is 1. The Morgan fingerprint density at radius 3 is 3.00 bits per heavy atom. The Hall–Kier alpha value is -2.24. The number of aliphatic hydroxyl groups excluding tert-OH is 1. The van der Waals surface area contributed by atoms with Gasteiger partial charge in [-0.25, -0.2) is 4.98 Å². The van der Waals surface area contributed by atoms with Crippen molar-refractivity contribution in [2.45, 2.75) is 12.5 Å². The maximum atomic E-state index is 10.6. The van der Waals surface area contributed by atoms with Gasteiger partial charge in [-0.05, 0) is 12.5 Å². The zero-order valence-corrected chi connectivity index (χ0v) is 10.4. The van der Waals surface area contributed by atoms with Crippen LogP contribution in [0.3, 0.4) is 0 Å². The first kappa shape index (κ1) is 14.8. The van der Waals surface area contributed by atoms with Crippen molar-refractivity contribution in [3.8, 4) is 6.07 Å². The Balaban J connectivity index is 2.61. The fraction of sp³-hybridized carbons (Fsp3) is 0.455. The number of aliphatic hydroxyl groups is 1. The zero-order valence-electron chi connectivity index (χ0n) is 10.4. The van der Waals surface area contributed by atoms with Gasteiger partial charge < -0.3 is 15.2 Å². The molecule has 0 saturated heterocycles. The van der Waals surface area contributed by atoms with Gasteiger partial charge in [-0.15, -0.1) is 0 Å². The second-order valence-electron chi connectivity index (χ2n) is 3.76. The molecule has 8 heteroatoms. The average Bonchev–Trinajstić information content (AvgIpc) is 2.38. The molecular weight excluding hydrogens is 252 g/mol. The topological polar surface area (TPSA) is 121 Å². The molecule has 0 aliphatic heterocycles. The lowest BCUT2D eigenvalue weighted by molar-refractivity contribution is -0.385. The maximum Gasteiger partial charge on any atom is 0.305 e. The molecule has 1 unspecified atom stereocenters. The summed E-state index contributed by atoms with van der Waals surface area (Å²) in [4.78, 5) is 13.8. The largest absolute Gasteiger partial charge is 0.391 e. The Morgan fingerprint density at radius 1 is 1.68 bits per heavy atom. The number of hydrogen-bond donors (Lipinski definition) is 2. The molecule has 19 heavy (non-hydrogen) atoms. The Bertz CT molecular complexity index is 486. The van der Waals surface area contributed by atoms with E-state index in [1.54, 1.807) is 6.07 Å². The minimum absolute atomic E-state index is 0.235. The number of nitriles is 1. The number of ether oxygens (including phenoxy) is 1. The van der Waals surface area contributed by atoms with Gasteiger partial charge in [0.1, 0.15) is 11.9 Å². The van der Waals surface area contributed by atoms with Crippen LogP contribution in [-0.4, -0.2) is 41.4 Å². The van der Waals surface area contributed by atoms with Crippen LogP contribution in [-0.2, 0) is 4.74 Å². The number of nitrogens with one attached hydrogen (secondary N) is 1. The lowest BCUT2D eigenvalue weighted by Crippen LogP contribution is -2.18. The number of pyridine rings is 1. The molecule has 1 aromatic rings. The molecule has 1 aromatic heterocycles. The molecule has 0 fully saturated rings. The lowest BCUT2D eigenvalue weighted by atomic mass is 10.2. The van der Waals surface area contributed by atoms with Crippen LogP contribution in [0.25, 0.3) is 0 Å². The van der Waals surface area contributed by atoms with Gasteiger partial charge in [-0.3, -0.25) is 10.1 Å². The van der Waals surface area contributed by atoms with Gasteiger partial charge in [0.25, 0.3) is 0 Å². The molecule has 0 bridgehead atoms. The molecule has 1 atom stereocenters. The van der Waals surface area contributed by atoms with Gasteiger partial charge >= 0.3 is 5.69 Å². The minimum atomic E-state index is -0.655. The summed E-state index contributed by atoms with van der Waals surface area (Å²) in [7, 11) is 1.49. The van der Waals surface area contributed by atoms with E-state index < -0.39 is 11.0 Å². The first-order chi connectivity index (χ1) is 9.08. The van der Waals surface area contributed by atoms with E-state index in [0.29, 0.717) is 18.8 Å². The zero-order chi connectivity index (χ0) is 14.3. The van der Waals surface area contributed by atoms with Crippen LogP contribution >= 0.6 is 0 Å². The summed E-state index contributed by atoms with van der Waals surface area (Å²) in [6.07, 6.45) is -0.153. The quantitative estimate of drug-likeness (QED) is 0.549. The molecule has 0 spiro atoms. The fourth-order valence-electron chi connectivity index (χ4n) is 1.42. The first-order valence-corrected chi connectivity index (χ1v) is 5.55. The Kier molecular flexibility index (Phi) is 5.66. The first-order valence-electron chi connectivity index (χ1n) is 5.55. The second-order valence-corrected chi connectivity index (χ2v) is 3.76. The van der Waals surface area contributed by atoms with E-state index in [0.717, 1.165) is 0 Å².